The van der Waals surface area contributed by atoms with Crippen LogP contribution in [0.1, 0.15) is 36.5 Å². The van der Waals surface area contributed by atoms with E-state index in [9.17, 15) is 0 Å². The number of rotatable bonds is 6. The molecule has 1 unspecified atom stereocenters. The number of benzene rings is 1. The predicted molar refractivity (Wildman–Crippen MR) is 98.4 cm³/mol. The Morgan fingerprint density at radius 2 is 1.96 bits per heavy atom. The quantitative estimate of drug-likeness (QED) is 0.622. The summed E-state index contributed by atoms with van der Waals surface area (Å²) in [4.78, 5) is 4.27. The Morgan fingerprint density at radius 3 is 2.50 bits per heavy atom. The van der Waals surface area contributed by atoms with Crippen LogP contribution in [-0.4, -0.2) is 34.3 Å². The summed E-state index contributed by atoms with van der Waals surface area (Å²) in [7, 11) is 3.72. The number of nitrogens with zero attached hydrogens (tertiary/aromatic N) is 4. The van der Waals surface area contributed by atoms with Gasteiger partial charge in [-0.3, -0.25) is 4.99 Å². The molecule has 1 heterocycles. The third-order valence-electron chi connectivity index (χ3n) is 4.17. The molecule has 2 N–H and O–H groups in total. The first kappa shape index (κ1) is 18.3. The van der Waals surface area contributed by atoms with Gasteiger partial charge in [0.05, 0.1) is 6.54 Å². The summed E-state index contributed by atoms with van der Waals surface area (Å²) >= 11 is 5.97. The molecule has 0 aliphatic carbocycles. The van der Waals surface area contributed by atoms with Crippen molar-refractivity contribution in [2.24, 2.45) is 12.0 Å². The fourth-order valence-electron chi connectivity index (χ4n) is 2.44. The van der Waals surface area contributed by atoms with E-state index < -0.39 is 0 Å². The monoisotopic (exact) mass is 348 g/mol. The number of hydrogen-bond acceptors (Lipinski definition) is 3. The summed E-state index contributed by atoms with van der Waals surface area (Å²) in [6.07, 6.45) is 1.04. The van der Waals surface area contributed by atoms with Gasteiger partial charge in [0, 0.05) is 31.6 Å². The molecule has 2 rings (SSSR count). The maximum atomic E-state index is 5.97. The molecule has 0 saturated carbocycles. The fourth-order valence-corrected chi connectivity index (χ4v) is 2.57. The van der Waals surface area contributed by atoms with Crippen LogP contribution >= 0.6 is 11.6 Å². The van der Waals surface area contributed by atoms with Crippen LogP contribution < -0.4 is 10.6 Å². The lowest BCUT2D eigenvalue weighted by atomic mass is 9.96. The molecular weight excluding hydrogens is 324 g/mol. The van der Waals surface area contributed by atoms with Gasteiger partial charge in [-0.05, 0) is 31.0 Å². The molecule has 0 amide bonds. The van der Waals surface area contributed by atoms with E-state index in [4.69, 9.17) is 11.6 Å². The van der Waals surface area contributed by atoms with Crippen molar-refractivity contribution in [3.05, 3.63) is 46.5 Å². The van der Waals surface area contributed by atoms with Gasteiger partial charge in [0.25, 0.3) is 0 Å². The summed E-state index contributed by atoms with van der Waals surface area (Å²) in [5, 5.41) is 15.6. The minimum atomic E-state index is 0.401. The molecule has 7 heteroatoms. The zero-order valence-electron chi connectivity index (χ0n) is 14.7. The highest BCUT2D eigenvalue weighted by atomic mass is 35.5. The summed E-state index contributed by atoms with van der Waals surface area (Å²) in [5.74, 6) is 2.92. The van der Waals surface area contributed by atoms with Crippen molar-refractivity contribution in [3.8, 4) is 0 Å². The number of guanidine groups is 1. The van der Waals surface area contributed by atoms with E-state index in [0.29, 0.717) is 12.5 Å². The molecule has 6 nitrogen and oxygen atoms in total. The Labute approximate surface area is 148 Å². The van der Waals surface area contributed by atoms with Crippen LogP contribution in [0.2, 0.25) is 5.02 Å². The number of hydrogen-bond donors (Lipinski definition) is 2. The van der Waals surface area contributed by atoms with Gasteiger partial charge in [-0.15, -0.1) is 10.2 Å². The molecule has 1 atom stereocenters. The van der Waals surface area contributed by atoms with Gasteiger partial charge in [-0.2, -0.15) is 0 Å². The predicted octanol–water partition coefficient (Wildman–Crippen LogP) is 2.64. The highest BCUT2D eigenvalue weighted by molar-refractivity contribution is 6.30. The van der Waals surface area contributed by atoms with Crippen molar-refractivity contribution in [2.45, 2.75) is 32.7 Å². The van der Waals surface area contributed by atoms with Gasteiger partial charge in [0.1, 0.15) is 5.82 Å². The van der Waals surface area contributed by atoms with Crippen LogP contribution in [0.15, 0.2) is 29.3 Å². The van der Waals surface area contributed by atoms with Crippen molar-refractivity contribution >= 4 is 17.6 Å². The first-order valence-corrected chi connectivity index (χ1v) is 8.47. The maximum absolute atomic E-state index is 5.97. The van der Waals surface area contributed by atoms with Crippen LogP contribution in [0, 0.1) is 6.92 Å². The lowest BCUT2D eigenvalue weighted by Crippen LogP contribution is -2.39. The summed E-state index contributed by atoms with van der Waals surface area (Å²) in [6, 6.07) is 8.03. The molecule has 0 aliphatic rings. The van der Waals surface area contributed by atoms with Crippen LogP contribution in [-0.2, 0) is 13.6 Å². The first-order valence-electron chi connectivity index (χ1n) is 8.10. The molecule has 1 aromatic heterocycles. The average Bonchev–Trinajstić information content (AvgIpc) is 2.91. The molecule has 24 heavy (non-hydrogen) atoms. The zero-order valence-corrected chi connectivity index (χ0v) is 15.4. The van der Waals surface area contributed by atoms with Crippen LogP contribution in [0.4, 0.5) is 0 Å². The number of nitrogens with one attached hydrogen (secondary N) is 2. The van der Waals surface area contributed by atoms with Crippen molar-refractivity contribution < 1.29 is 0 Å². The van der Waals surface area contributed by atoms with E-state index >= 15 is 0 Å². The van der Waals surface area contributed by atoms with Gasteiger partial charge < -0.3 is 15.2 Å². The Hall–Kier alpha value is -2.08. The largest absolute Gasteiger partial charge is 0.356 e. The first-order chi connectivity index (χ1) is 11.5. The van der Waals surface area contributed by atoms with Gasteiger partial charge >= 0.3 is 0 Å². The summed E-state index contributed by atoms with van der Waals surface area (Å²) in [5.41, 5.74) is 1.27. The topological polar surface area (TPSA) is 67.1 Å². The molecule has 0 radical (unpaired) electrons. The fraction of sp³-hybridized carbons (Fsp3) is 0.471. The van der Waals surface area contributed by atoms with Gasteiger partial charge in [0.2, 0.25) is 0 Å². The van der Waals surface area contributed by atoms with Crippen LogP contribution in [0.3, 0.4) is 0 Å². The highest BCUT2D eigenvalue weighted by Crippen LogP contribution is 2.20. The van der Waals surface area contributed by atoms with Crippen molar-refractivity contribution in [1.82, 2.24) is 25.4 Å². The Morgan fingerprint density at radius 1 is 1.25 bits per heavy atom. The van der Waals surface area contributed by atoms with E-state index in [1.165, 1.54) is 5.56 Å². The second-order valence-corrected chi connectivity index (χ2v) is 6.12. The second-order valence-electron chi connectivity index (χ2n) is 5.69. The van der Waals surface area contributed by atoms with E-state index in [-0.39, 0.29) is 0 Å². The van der Waals surface area contributed by atoms with Crippen LogP contribution in [0.25, 0.3) is 0 Å². The van der Waals surface area contributed by atoms with E-state index in [0.717, 1.165) is 35.6 Å². The Bertz CT molecular complexity index is 677. The number of aromatic nitrogens is 3. The molecule has 0 saturated heterocycles. The van der Waals surface area contributed by atoms with Crippen molar-refractivity contribution in [1.29, 1.82) is 0 Å². The van der Waals surface area contributed by atoms with Crippen molar-refractivity contribution in [3.63, 3.8) is 0 Å². The highest BCUT2D eigenvalue weighted by Gasteiger charge is 2.11. The number of halogens is 1. The maximum Gasteiger partial charge on any atom is 0.191 e. The van der Waals surface area contributed by atoms with Gasteiger partial charge in [-0.1, -0.05) is 30.7 Å². The third kappa shape index (κ3) is 4.71. The third-order valence-corrected chi connectivity index (χ3v) is 4.42. The molecule has 0 fully saturated rings. The number of aliphatic imine (C=N–C) groups is 1. The lowest BCUT2D eigenvalue weighted by Gasteiger charge is -2.18. The van der Waals surface area contributed by atoms with Crippen molar-refractivity contribution in [2.75, 3.05) is 13.6 Å². The smallest absolute Gasteiger partial charge is 0.191 e. The van der Waals surface area contributed by atoms with Crippen LogP contribution in [0.5, 0.6) is 0 Å². The molecule has 0 bridgehead atoms. The molecule has 130 valence electrons. The van der Waals surface area contributed by atoms with E-state index in [2.05, 4.69) is 44.9 Å². The second kappa shape index (κ2) is 8.68. The standard InChI is InChI=1S/C17H25ClN6/c1-5-13(14-6-8-15(18)9-7-14)10-20-17(19-3)21-11-16-23-22-12(2)24(16)4/h6-9,13H,5,10-11H2,1-4H3,(H2,19,20,21). The zero-order chi connectivity index (χ0) is 17.5. The van der Waals surface area contributed by atoms with Gasteiger partial charge in [-0.25, -0.2) is 0 Å². The normalized spacial score (nSPS) is 13.0. The average molecular weight is 349 g/mol. The molecule has 2 aromatic rings. The summed E-state index contributed by atoms with van der Waals surface area (Å²) in [6.45, 7) is 5.49. The SMILES string of the molecule is CCC(CNC(=NC)NCc1nnc(C)n1C)c1ccc(Cl)cc1. The minimum Gasteiger partial charge on any atom is -0.356 e. The lowest BCUT2D eigenvalue weighted by molar-refractivity contribution is 0.626. The minimum absolute atomic E-state index is 0.401. The van der Waals surface area contributed by atoms with E-state index in [1.54, 1.807) is 7.05 Å². The molecule has 1 aromatic carbocycles. The molecular formula is C17H25ClN6. The molecule has 0 aliphatic heterocycles. The molecule has 0 spiro atoms. The Kier molecular flexibility index (Phi) is 6.61. The summed E-state index contributed by atoms with van der Waals surface area (Å²) < 4.78 is 1.96. The number of aryl methyl sites for hydroxylation is 1. The Balaban J connectivity index is 1.90. The van der Waals surface area contributed by atoms with E-state index in [1.807, 2.05) is 30.7 Å². The van der Waals surface area contributed by atoms with Gasteiger partial charge in [0.15, 0.2) is 11.8 Å².